The van der Waals surface area contributed by atoms with Gasteiger partial charge in [-0.3, -0.25) is 4.68 Å². The fourth-order valence-electron chi connectivity index (χ4n) is 1.38. The van der Waals surface area contributed by atoms with Crippen LogP contribution in [-0.2, 0) is 11.8 Å². The Morgan fingerprint density at radius 2 is 2.46 bits per heavy atom. The van der Waals surface area contributed by atoms with Gasteiger partial charge in [-0.1, -0.05) is 6.92 Å². The smallest absolute Gasteiger partial charge is 0.0726 e. The van der Waals surface area contributed by atoms with E-state index in [1.807, 2.05) is 19.4 Å². The third kappa shape index (κ3) is 1.83. The van der Waals surface area contributed by atoms with E-state index < -0.39 is 0 Å². The van der Waals surface area contributed by atoms with Gasteiger partial charge in [-0.25, -0.2) is 0 Å². The summed E-state index contributed by atoms with van der Waals surface area (Å²) in [7, 11) is 1.92. The van der Waals surface area contributed by atoms with Crippen LogP contribution in [0.5, 0.6) is 0 Å². The summed E-state index contributed by atoms with van der Waals surface area (Å²) < 4.78 is 6.96. The SMILES string of the molecule is Cn1cc(NCC2(C)COC2)cn1. The second kappa shape index (κ2) is 3.03. The monoisotopic (exact) mass is 181 g/mol. The molecular weight excluding hydrogens is 166 g/mol. The summed E-state index contributed by atoms with van der Waals surface area (Å²) in [6, 6.07) is 0. The van der Waals surface area contributed by atoms with Crippen molar-refractivity contribution in [2.75, 3.05) is 25.1 Å². The molecule has 13 heavy (non-hydrogen) atoms. The summed E-state index contributed by atoms with van der Waals surface area (Å²) in [5, 5.41) is 7.43. The van der Waals surface area contributed by atoms with Gasteiger partial charge in [-0.15, -0.1) is 0 Å². The van der Waals surface area contributed by atoms with Crippen LogP contribution in [0.4, 0.5) is 5.69 Å². The number of hydrogen-bond acceptors (Lipinski definition) is 3. The van der Waals surface area contributed by atoms with Crippen molar-refractivity contribution in [2.24, 2.45) is 12.5 Å². The van der Waals surface area contributed by atoms with Crippen LogP contribution in [0.25, 0.3) is 0 Å². The number of ether oxygens (including phenoxy) is 1. The average Bonchev–Trinajstić information content (AvgIpc) is 2.44. The summed E-state index contributed by atoms with van der Waals surface area (Å²) in [4.78, 5) is 0. The fraction of sp³-hybridized carbons (Fsp3) is 0.667. The first kappa shape index (κ1) is 8.56. The van der Waals surface area contributed by atoms with Crippen LogP contribution < -0.4 is 5.32 Å². The number of aromatic nitrogens is 2. The molecule has 72 valence electrons. The van der Waals surface area contributed by atoms with E-state index in [1.165, 1.54) is 0 Å². The number of nitrogens with one attached hydrogen (secondary N) is 1. The maximum absolute atomic E-state index is 5.17. The van der Waals surface area contributed by atoms with E-state index in [-0.39, 0.29) is 0 Å². The molecule has 1 fully saturated rings. The Bertz CT molecular complexity index is 291. The molecule has 1 saturated heterocycles. The Morgan fingerprint density at radius 1 is 1.69 bits per heavy atom. The Kier molecular flexibility index (Phi) is 2.00. The molecule has 0 bridgehead atoms. The first-order valence-electron chi connectivity index (χ1n) is 4.48. The van der Waals surface area contributed by atoms with Gasteiger partial charge >= 0.3 is 0 Å². The van der Waals surface area contributed by atoms with Gasteiger partial charge in [0.15, 0.2) is 0 Å². The van der Waals surface area contributed by atoms with Gasteiger partial charge in [0.1, 0.15) is 0 Å². The second-order valence-corrected chi connectivity index (χ2v) is 4.06. The van der Waals surface area contributed by atoms with Crippen molar-refractivity contribution in [3.8, 4) is 0 Å². The Labute approximate surface area is 77.9 Å². The van der Waals surface area contributed by atoms with Gasteiger partial charge in [0.05, 0.1) is 25.1 Å². The minimum absolute atomic E-state index is 0.315. The summed E-state index contributed by atoms with van der Waals surface area (Å²) in [5.41, 5.74) is 1.39. The molecule has 0 radical (unpaired) electrons. The predicted octanol–water partition coefficient (Wildman–Crippen LogP) is 0.868. The molecule has 1 aliphatic rings. The maximum Gasteiger partial charge on any atom is 0.0726 e. The van der Waals surface area contributed by atoms with E-state index in [9.17, 15) is 0 Å². The molecule has 0 saturated carbocycles. The van der Waals surface area contributed by atoms with E-state index >= 15 is 0 Å². The second-order valence-electron chi connectivity index (χ2n) is 4.06. The van der Waals surface area contributed by atoms with Crippen molar-refractivity contribution in [3.63, 3.8) is 0 Å². The molecule has 1 aliphatic heterocycles. The standard InChI is InChI=1S/C9H15N3O/c1-9(6-13-7-9)5-10-8-3-11-12(2)4-8/h3-4,10H,5-7H2,1-2H3. The minimum Gasteiger partial charge on any atom is -0.382 e. The van der Waals surface area contributed by atoms with Crippen molar-refractivity contribution >= 4 is 5.69 Å². The molecule has 0 aliphatic carbocycles. The van der Waals surface area contributed by atoms with Crippen LogP contribution in [0.3, 0.4) is 0 Å². The molecule has 0 unspecified atom stereocenters. The Morgan fingerprint density at radius 3 is 2.92 bits per heavy atom. The molecule has 0 aromatic carbocycles. The van der Waals surface area contributed by atoms with Crippen LogP contribution in [0, 0.1) is 5.41 Å². The van der Waals surface area contributed by atoms with E-state index in [0.717, 1.165) is 25.4 Å². The van der Waals surface area contributed by atoms with Crippen molar-refractivity contribution in [1.82, 2.24) is 9.78 Å². The molecule has 0 atom stereocenters. The lowest BCUT2D eigenvalue weighted by molar-refractivity contribution is -0.0924. The van der Waals surface area contributed by atoms with Gasteiger partial charge in [0.25, 0.3) is 0 Å². The number of hydrogen-bond donors (Lipinski definition) is 1. The first-order valence-corrected chi connectivity index (χ1v) is 4.48. The molecule has 1 aromatic rings. The maximum atomic E-state index is 5.17. The highest BCUT2D eigenvalue weighted by Gasteiger charge is 2.32. The van der Waals surface area contributed by atoms with Crippen LogP contribution >= 0.6 is 0 Å². The summed E-state index contributed by atoms with van der Waals surface area (Å²) in [6.45, 7) is 4.90. The predicted molar refractivity (Wildman–Crippen MR) is 50.6 cm³/mol. The highest BCUT2D eigenvalue weighted by molar-refractivity contribution is 5.38. The molecule has 2 rings (SSSR count). The van der Waals surface area contributed by atoms with Crippen molar-refractivity contribution in [3.05, 3.63) is 12.4 Å². The van der Waals surface area contributed by atoms with Gasteiger partial charge < -0.3 is 10.1 Å². The third-order valence-corrected chi connectivity index (χ3v) is 2.33. The Balaban J connectivity index is 1.85. The number of rotatable bonds is 3. The molecule has 1 N–H and O–H groups in total. The lowest BCUT2D eigenvalue weighted by Gasteiger charge is -2.38. The summed E-state index contributed by atoms with van der Waals surface area (Å²) in [5.74, 6) is 0. The van der Waals surface area contributed by atoms with Gasteiger partial charge in [-0.05, 0) is 0 Å². The van der Waals surface area contributed by atoms with Crippen molar-refractivity contribution in [2.45, 2.75) is 6.92 Å². The third-order valence-electron chi connectivity index (χ3n) is 2.33. The molecule has 0 amide bonds. The zero-order chi connectivity index (χ0) is 9.31. The number of anilines is 1. The van der Waals surface area contributed by atoms with E-state index in [1.54, 1.807) is 4.68 Å². The van der Waals surface area contributed by atoms with Crippen LogP contribution in [0.1, 0.15) is 6.92 Å². The molecule has 1 aromatic heterocycles. The molecule has 4 nitrogen and oxygen atoms in total. The Hall–Kier alpha value is -1.03. The highest BCUT2D eigenvalue weighted by Crippen LogP contribution is 2.26. The van der Waals surface area contributed by atoms with Gasteiger partial charge in [-0.2, -0.15) is 5.10 Å². The average molecular weight is 181 g/mol. The lowest BCUT2D eigenvalue weighted by Crippen LogP contribution is -2.45. The topological polar surface area (TPSA) is 39.1 Å². The normalized spacial score (nSPS) is 19.5. The zero-order valence-electron chi connectivity index (χ0n) is 8.08. The van der Waals surface area contributed by atoms with E-state index in [4.69, 9.17) is 4.74 Å². The highest BCUT2D eigenvalue weighted by atomic mass is 16.5. The van der Waals surface area contributed by atoms with Crippen LogP contribution in [0.2, 0.25) is 0 Å². The molecule has 2 heterocycles. The summed E-state index contributed by atoms with van der Waals surface area (Å²) in [6.07, 6.45) is 3.81. The van der Waals surface area contributed by atoms with Crippen LogP contribution in [0.15, 0.2) is 12.4 Å². The van der Waals surface area contributed by atoms with Crippen LogP contribution in [-0.4, -0.2) is 29.5 Å². The zero-order valence-corrected chi connectivity index (χ0v) is 8.08. The molecule has 0 spiro atoms. The first-order chi connectivity index (χ1) is 6.18. The fourth-order valence-corrected chi connectivity index (χ4v) is 1.38. The number of aryl methyl sites for hydroxylation is 1. The lowest BCUT2D eigenvalue weighted by atomic mass is 9.89. The van der Waals surface area contributed by atoms with Gasteiger partial charge in [0.2, 0.25) is 0 Å². The number of nitrogens with zero attached hydrogens (tertiary/aromatic N) is 2. The van der Waals surface area contributed by atoms with Crippen molar-refractivity contribution < 1.29 is 4.74 Å². The van der Waals surface area contributed by atoms with E-state index in [0.29, 0.717) is 5.41 Å². The largest absolute Gasteiger partial charge is 0.382 e. The van der Waals surface area contributed by atoms with E-state index in [2.05, 4.69) is 17.3 Å². The minimum atomic E-state index is 0.315. The molecular formula is C9H15N3O. The molecule has 4 heteroatoms. The van der Waals surface area contributed by atoms with Crippen molar-refractivity contribution in [1.29, 1.82) is 0 Å². The quantitative estimate of drug-likeness (QED) is 0.752. The summed E-state index contributed by atoms with van der Waals surface area (Å²) >= 11 is 0. The van der Waals surface area contributed by atoms with Gasteiger partial charge in [0, 0.05) is 25.2 Å².